The number of aromatic nitrogens is 4. The number of esters is 1. The van der Waals surface area contributed by atoms with Gasteiger partial charge in [0.1, 0.15) is 30.3 Å². The number of phosphoric ester groups is 1. The Morgan fingerprint density at radius 1 is 0.703 bits per heavy atom. The van der Waals surface area contributed by atoms with Crippen molar-refractivity contribution < 1.29 is 80.3 Å². The van der Waals surface area contributed by atoms with E-state index in [1.165, 1.54) is 95.8 Å². The number of hydrogen-bond donors (Lipinski definition) is 5. The second-order valence-corrected chi connectivity index (χ2v) is 19.9. The van der Waals surface area contributed by atoms with Crippen molar-refractivity contribution in [2.45, 2.75) is 129 Å². The number of quaternary nitrogens is 4. The van der Waals surface area contributed by atoms with E-state index in [0.29, 0.717) is 0 Å². The third kappa shape index (κ3) is 26.4. The van der Waals surface area contributed by atoms with E-state index < -0.39 is 59.9 Å². The van der Waals surface area contributed by atoms with Gasteiger partial charge in [-0.05, 0) is 104 Å². The molecule has 0 bridgehead atoms. The van der Waals surface area contributed by atoms with Gasteiger partial charge >= 0.3 is 5.97 Å². The summed E-state index contributed by atoms with van der Waals surface area (Å²) in [6, 6.07) is 0. The second-order valence-electron chi connectivity index (χ2n) is 15.7. The van der Waals surface area contributed by atoms with E-state index >= 15 is 0 Å². The van der Waals surface area contributed by atoms with E-state index in [1.54, 1.807) is 40.4 Å². The molecule has 3 rings (SSSR count). The Morgan fingerprint density at radius 2 is 1.11 bits per heavy atom. The fourth-order valence-corrected chi connectivity index (χ4v) is 8.85. The molecule has 378 valence electrons. The minimum absolute atomic E-state index is 0.0338. The van der Waals surface area contributed by atoms with Crippen LogP contribution in [-0.4, -0.2) is 123 Å². The Labute approximate surface area is 383 Å². The monoisotopic (exact) mass is 980 g/mol. The summed E-state index contributed by atoms with van der Waals surface area (Å²) in [6.07, 6.45) is -0.836. The van der Waals surface area contributed by atoms with Gasteiger partial charge in [0.25, 0.3) is 15.6 Å². The van der Waals surface area contributed by atoms with Crippen molar-refractivity contribution in [3.05, 3.63) is 12.7 Å². The number of carbonyl (C=O) groups excluding carboxylic acids is 1. The molecular formula is C39H84N9O13P3. The quantitative estimate of drug-likeness (QED) is 0.0681. The zero-order valence-corrected chi connectivity index (χ0v) is 44.0. The summed E-state index contributed by atoms with van der Waals surface area (Å²) in [5.41, 5.74) is 5.34. The Balaban J connectivity index is 0. The highest BCUT2D eigenvalue weighted by Crippen LogP contribution is 2.60. The first-order valence-electron chi connectivity index (χ1n) is 22.6. The lowest BCUT2D eigenvalue weighted by atomic mass is 9.97. The number of nitrogens with two attached hydrogens (primary N) is 1. The zero-order valence-electron chi connectivity index (χ0n) is 41.3. The smallest absolute Gasteiger partial charge is 0.311 e. The molecule has 0 aliphatic carbocycles. The molecule has 5 atom stereocenters. The highest BCUT2D eigenvalue weighted by Gasteiger charge is 2.42. The van der Waals surface area contributed by atoms with Crippen molar-refractivity contribution in [2.24, 2.45) is 5.41 Å². The average Bonchev–Trinajstić information content (AvgIpc) is 3.84. The molecule has 25 heteroatoms. The molecule has 1 aliphatic rings. The average molecular weight is 980 g/mol. The van der Waals surface area contributed by atoms with Crippen LogP contribution in [0.15, 0.2) is 12.7 Å². The van der Waals surface area contributed by atoms with Gasteiger partial charge in [0, 0.05) is 6.42 Å². The first-order chi connectivity index (χ1) is 29.8. The molecule has 1 fully saturated rings. The fourth-order valence-electron chi connectivity index (χ4n) is 5.99. The lowest BCUT2D eigenvalue weighted by Gasteiger charge is -2.37. The van der Waals surface area contributed by atoms with Crippen LogP contribution in [0.25, 0.3) is 11.2 Å². The normalized spacial score (nSPS) is 18.2. The summed E-state index contributed by atoms with van der Waals surface area (Å²) in [5, 5.41) is 0. The van der Waals surface area contributed by atoms with E-state index in [9.17, 15) is 38.1 Å². The van der Waals surface area contributed by atoms with Crippen LogP contribution in [0.4, 0.5) is 5.82 Å². The van der Waals surface area contributed by atoms with Crippen LogP contribution >= 0.6 is 23.5 Å². The summed E-state index contributed by atoms with van der Waals surface area (Å²) in [5.74, 6) is -0.578. The van der Waals surface area contributed by atoms with E-state index in [4.69, 9.17) is 15.2 Å². The van der Waals surface area contributed by atoms with Crippen molar-refractivity contribution in [3.63, 3.8) is 0 Å². The SMILES string of the molecule is CC(C)(C)C(=O)O[C@H]1C[C@H](n2cnc3c(N)ncnc32)O[C@@H]1COP(=O)([O-])OP(=O)([O-])OP(=O)([O-])[O-].CC[NH+](CC)CC.CC[NH+](CC)CC.CC[NH+](CC)CC.CC[NH+](CC)CC. The number of nitrogens with one attached hydrogen (secondary N) is 4. The highest BCUT2D eigenvalue weighted by atomic mass is 31.3. The standard InChI is InChI=1S/C15H24N5O13P3.4C6H15N/c1-15(2,3)14(21)31-8-4-10(20-7-19-11-12(16)17-6-18-13(11)20)30-9(8)5-29-35(25,26)33-36(27,28)32-34(22,23)24;4*1-4-7(5-2)6-3/h6-10H,4-5H2,1-3H3,(H,25,26)(H,27,28)(H2,16,17,18)(H2,22,23,24);4*4-6H2,1-3H3/t8-,9+,10+;;;;/m0..../s1. The van der Waals surface area contributed by atoms with Crippen molar-refractivity contribution in [3.8, 4) is 0 Å². The molecule has 6 N–H and O–H groups in total. The predicted molar refractivity (Wildman–Crippen MR) is 239 cm³/mol. The van der Waals surface area contributed by atoms with Crippen LogP contribution in [0.3, 0.4) is 0 Å². The second kappa shape index (κ2) is 32.7. The van der Waals surface area contributed by atoms with Gasteiger partial charge in [-0.15, -0.1) is 0 Å². The van der Waals surface area contributed by atoms with E-state index in [-0.39, 0.29) is 23.4 Å². The van der Waals surface area contributed by atoms with Crippen LogP contribution < -0.4 is 44.9 Å². The maximum absolute atomic E-state index is 12.4. The molecule has 1 saturated heterocycles. The van der Waals surface area contributed by atoms with Crippen molar-refractivity contribution in [1.29, 1.82) is 0 Å². The maximum atomic E-state index is 12.4. The Bertz CT molecular complexity index is 1610. The zero-order chi connectivity index (χ0) is 49.9. The summed E-state index contributed by atoms with van der Waals surface area (Å²) in [6.45, 7) is 45.7. The number of imidazole rings is 1. The molecule has 0 amide bonds. The lowest BCUT2D eigenvalue weighted by Crippen LogP contribution is -3.11. The molecule has 0 aromatic carbocycles. The third-order valence-corrected chi connectivity index (χ3v) is 14.2. The number of fused-ring (bicyclic) bond motifs is 1. The first kappa shape index (κ1) is 64.1. The van der Waals surface area contributed by atoms with Crippen LogP contribution in [0.5, 0.6) is 0 Å². The van der Waals surface area contributed by atoms with E-state index in [0.717, 1.165) is 0 Å². The number of nitrogens with zero attached hydrogens (tertiary/aromatic N) is 4. The number of anilines is 1. The van der Waals surface area contributed by atoms with Crippen LogP contribution in [0, 0.1) is 5.41 Å². The fraction of sp³-hybridized carbons (Fsp3) is 0.846. The third-order valence-electron chi connectivity index (χ3n) is 10.5. The molecule has 22 nitrogen and oxygen atoms in total. The van der Waals surface area contributed by atoms with Gasteiger partial charge in [0.2, 0.25) is 0 Å². The minimum Gasteiger partial charge on any atom is -0.790 e. The van der Waals surface area contributed by atoms with Crippen LogP contribution in [-0.2, 0) is 41.1 Å². The maximum Gasteiger partial charge on any atom is 0.311 e. The van der Waals surface area contributed by atoms with E-state index in [1.807, 2.05) is 0 Å². The van der Waals surface area contributed by atoms with Gasteiger partial charge in [0.05, 0.1) is 105 Å². The van der Waals surface area contributed by atoms with Gasteiger partial charge in [-0.25, -0.2) is 19.3 Å². The predicted octanol–water partition coefficient (Wildman–Crippen LogP) is -1.81. The van der Waals surface area contributed by atoms with Gasteiger partial charge in [-0.1, -0.05) is 0 Å². The number of phosphoric acid groups is 3. The Kier molecular flexibility index (Phi) is 32.7. The lowest BCUT2D eigenvalue weighted by molar-refractivity contribution is -0.894. The minimum atomic E-state index is -6.14. The summed E-state index contributed by atoms with van der Waals surface area (Å²) >= 11 is 0. The molecule has 3 heterocycles. The largest absolute Gasteiger partial charge is 0.790 e. The molecule has 2 aromatic rings. The van der Waals surface area contributed by atoms with E-state index in [2.05, 4.69) is 111 Å². The Morgan fingerprint density at radius 3 is 1.45 bits per heavy atom. The van der Waals surface area contributed by atoms with Crippen molar-refractivity contribution in [2.75, 3.05) is 90.9 Å². The van der Waals surface area contributed by atoms with Gasteiger partial charge in [-0.2, -0.15) is 0 Å². The number of carbonyl (C=O) groups is 1. The molecular weight excluding hydrogens is 895 g/mol. The number of ether oxygens (including phenoxy) is 2. The van der Waals surface area contributed by atoms with Gasteiger partial charge < -0.3 is 63.5 Å². The topological polar surface area (TPSA) is 294 Å². The van der Waals surface area contributed by atoms with Gasteiger partial charge in [0.15, 0.2) is 11.5 Å². The highest BCUT2D eigenvalue weighted by molar-refractivity contribution is 7.64. The van der Waals surface area contributed by atoms with Crippen molar-refractivity contribution >= 4 is 46.4 Å². The molecule has 0 radical (unpaired) electrons. The first-order valence-corrected chi connectivity index (χ1v) is 27.0. The number of rotatable bonds is 21. The molecule has 64 heavy (non-hydrogen) atoms. The van der Waals surface area contributed by atoms with Crippen LogP contribution in [0.2, 0.25) is 0 Å². The molecule has 0 saturated carbocycles. The molecule has 1 aliphatic heterocycles. The Hall–Kier alpha value is -1.97. The number of hydrogen-bond acceptors (Lipinski definition) is 17. The van der Waals surface area contributed by atoms with Crippen LogP contribution in [0.1, 0.15) is 117 Å². The number of nitrogen functional groups attached to an aromatic ring is 1. The molecule has 2 aromatic heterocycles. The summed E-state index contributed by atoms with van der Waals surface area (Å²) in [4.78, 5) is 75.4. The van der Waals surface area contributed by atoms with Gasteiger partial charge in [-0.3, -0.25) is 22.8 Å². The molecule has 2 unspecified atom stereocenters. The summed E-state index contributed by atoms with van der Waals surface area (Å²) < 4.78 is 57.6. The molecule has 0 spiro atoms. The van der Waals surface area contributed by atoms with Crippen molar-refractivity contribution in [1.82, 2.24) is 19.5 Å². The summed E-state index contributed by atoms with van der Waals surface area (Å²) in [7, 11) is -18.1.